The summed E-state index contributed by atoms with van der Waals surface area (Å²) in [7, 11) is 1.53. The molecule has 0 saturated carbocycles. The van der Waals surface area contributed by atoms with Crippen LogP contribution in [-0.4, -0.2) is 34.5 Å². The fourth-order valence-electron chi connectivity index (χ4n) is 1.71. The van der Waals surface area contributed by atoms with Gasteiger partial charge < -0.3 is 14.4 Å². The average Bonchev–Trinajstić information content (AvgIpc) is 2.93. The lowest BCUT2D eigenvalue weighted by molar-refractivity contribution is 0.373. The molecule has 2 rings (SSSR count). The van der Waals surface area contributed by atoms with E-state index in [-0.39, 0.29) is 5.75 Å². The van der Waals surface area contributed by atoms with Gasteiger partial charge >= 0.3 is 0 Å². The van der Waals surface area contributed by atoms with Crippen molar-refractivity contribution in [2.45, 2.75) is 13.0 Å². The van der Waals surface area contributed by atoms with E-state index in [0.717, 1.165) is 25.1 Å². The number of phenols is 1. The molecule has 5 heteroatoms. The molecule has 1 N–H and O–H groups in total. The van der Waals surface area contributed by atoms with Crippen molar-refractivity contribution in [2.75, 3.05) is 13.7 Å². The molecule has 0 aliphatic carbocycles. The highest BCUT2D eigenvalue weighted by Gasteiger charge is 2.00. The van der Waals surface area contributed by atoms with Crippen molar-refractivity contribution in [3.05, 3.63) is 42.5 Å². The van der Waals surface area contributed by atoms with E-state index >= 15 is 0 Å². The van der Waals surface area contributed by atoms with Gasteiger partial charge in [-0.05, 0) is 30.2 Å². The predicted octanol–water partition coefficient (Wildman–Crippen LogP) is 2.11. The molecule has 0 unspecified atom stereocenters. The smallest absolute Gasteiger partial charge is 0.161 e. The summed E-state index contributed by atoms with van der Waals surface area (Å²) in [5.41, 5.74) is 0.914. The Labute approximate surface area is 112 Å². The lowest BCUT2D eigenvalue weighted by Crippen LogP contribution is -1.96. The van der Waals surface area contributed by atoms with Crippen LogP contribution in [0.5, 0.6) is 11.5 Å². The van der Waals surface area contributed by atoms with Crippen molar-refractivity contribution in [3.8, 4) is 11.5 Å². The first-order valence-electron chi connectivity index (χ1n) is 6.12. The number of methoxy groups -OCH3 is 1. The second kappa shape index (κ2) is 6.58. The summed E-state index contributed by atoms with van der Waals surface area (Å²) in [6.45, 7) is 1.66. The van der Waals surface area contributed by atoms with E-state index in [2.05, 4.69) is 9.98 Å². The van der Waals surface area contributed by atoms with E-state index in [0.29, 0.717) is 5.75 Å². The molecule has 0 bridgehead atoms. The van der Waals surface area contributed by atoms with Crippen molar-refractivity contribution in [3.63, 3.8) is 0 Å². The molecule has 0 aliphatic rings. The van der Waals surface area contributed by atoms with Crippen LogP contribution in [0.2, 0.25) is 0 Å². The van der Waals surface area contributed by atoms with Gasteiger partial charge in [0.2, 0.25) is 0 Å². The third kappa shape index (κ3) is 3.84. The zero-order valence-corrected chi connectivity index (χ0v) is 10.9. The molecule has 0 atom stereocenters. The molecular formula is C14H17N3O2. The van der Waals surface area contributed by atoms with Crippen LogP contribution in [0.4, 0.5) is 0 Å². The summed E-state index contributed by atoms with van der Waals surface area (Å²) in [5, 5.41) is 9.47. The maximum Gasteiger partial charge on any atom is 0.161 e. The predicted molar refractivity (Wildman–Crippen MR) is 74.0 cm³/mol. The van der Waals surface area contributed by atoms with Gasteiger partial charge in [-0.3, -0.25) is 4.99 Å². The van der Waals surface area contributed by atoms with E-state index in [1.807, 2.05) is 10.8 Å². The Hall–Kier alpha value is -2.30. The highest BCUT2D eigenvalue weighted by molar-refractivity contribution is 5.80. The molecule has 0 saturated heterocycles. The summed E-state index contributed by atoms with van der Waals surface area (Å²) in [5.74, 6) is 0.599. The topological polar surface area (TPSA) is 59.6 Å². The number of rotatable bonds is 6. The maximum absolute atomic E-state index is 9.47. The van der Waals surface area contributed by atoms with Gasteiger partial charge in [-0.1, -0.05) is 0 Å². The molecule has 19 heavy (non-hydrogen) atoms. The Kier molecular flexibility index (Phi) is 4.55. The monoisotopic (exact) mass is 259 g/mol. The molecule has 5 nitrogen and oxygen atoms in total. The first-order chi connectivity index (χ1) is 9.29. The number of hydrogen-bond acceptors (Lipinski definition) is 4. The average molecular weight is 259 g/mol. The summed E-state index contributed by atoms with van der Waals surface area (Å²) in [6.07, 6.45) is 8.26. The molecule has 0 radical (unpaired) electrons. The number of nitrogens with zero attached hydrogens (tertiary/aromatic N) is 3. The van der Waals surface area contributed by atoms with Crippen LogP contribution in [0.25, 0.3) is 0 Å². The summed E-state index contributed by atoms with van der Waals surface area (Å²) >= 11 is 0. The zero-order chi connectivity index (χ0) is 13.5. The van der Waals surface area contributed by atoms with Crippen LogP contribution in [0.1, 0.15) is 12.0 Å². The largest absolute Gasteiger partial charge is 0.504 e. The fourth-order valence-corrected chi connectivity index (χ4v) is 1.71. The lowest BCUT2D eigenvalue weighted by Gasteiger charge is -2.03. The standard InChI is InChI=1S/C14H17N3O2/c1-19-14-9-12(3-4-13(14)18)10-15-5-2-7-17-8-6-16-11-17/h3-4,6,8-11,18H,2,5,7H2,1H3. The van der Waals surface area contributed by atoms with Gasteiger partial charge in [0, 0.05) is 31.7 Å². The maximum atomic E-state index is 9.47. The summed E-state index contributed by atoms with van der Waals surface area (Å²) in [6, 6.07) is 5.16. The molecule has 0 fully saturated rings. The first kappa shape index (κ1) is 13.1. The highest BCUT2D eigenvalue weighted by Crippen LogP contribution is 2.25. The second-order valence-electron chi connectivity index (χ2n) is 4.12. The molecule has 1 aromatic carbocycles. The Bertz CT molecular complexity index is 536. The summed E-state index contributed by atoms with van der Waals surface area (Å²) in [4.78, 5) is 8.33. The number of imidazole rings is 1. The van der Waals surface area contributed by atoms with Crippen LogP contribution in [0, 0.1) is 0 Å². The first-order valence-corrected chi connectivity index (χ1v) is 6.12. The van der Waals surface area contributed by atoms with Crippen molar-refractivity contribution in [2.24, 2.45) is 4.99 Å². The number of aromatic nitrogens is 2. The molecule has 1 aromatic heterocycles. The Morgan fingerprint density at radius 2 is 2.37 bits per heavy atom. The van der Waals surface area contributed by atoms with Crippen LogP contribution < -0.4 is 4.74 Å². The Morgan fingerprint density at radius 1 is 1.47 bits per heavy atom. The van der Waals surface area contributed by atoms with E-state index in [4.69, 9.17) is 4.74 Å². The van der Waals surface area contributed by atoms with Crippen LogP contribution in [0.15, 0.2) is 41.9 Å². The third-order valence-electron chi connectivity index (χ3n) is 2.71. The fraction of sp³-hybridized carbons (Fsp3) is 0.286. The van der Waals surface area contributed by atoms with Crippen molar-refractivity contribution in [1.29, 1.82) is 0 Å². The normalized spacial score (nSPS) is 11.0. The quantitative estimate of drug-likeness (QED) is 0.638. The molecule has 1 heterocycles. The van der Waals surface area contributed by atoms with E-state index in [1.54, 1.807) is 36.9 Å². The summed E-state index contributed by atoms with van der Waals surface area (Å²) < 4.78 is 7.07. The van der Waals surface area contributed by atoms with Crippen LogP contribution in [-0.2, 0) is 6.54 Å². The Balaban J connectivity index is 1.82. The van der Waals surface area contributed by atoms with Gasteiger partial charge in [0.15, 0.2) is 11.5 Å². The number of aromatic hydroxyl groups is 1. The van der Waals surface area contributed by atoms with Gasteiger partial charge in [0.1, 0.15) is 0 Å². The lowest BCUT2D eigenvalue weighted by atomic mass is 10.2. The number of aryl methyl sites for hydroxylation is 1. The van der Waals surface area contributed by atoms with Gasteiger partial charge in [0.05, 0.1) is 13.4 Å². The molecule has 0 amide bonds. The SMILES string of the molecule is COc1cc(C=NCCCn2ccnc2)ccc1O. The van der Waals surface area contributed by atoms with Gasteiger partial charge in [-0.25, -0.2) is 4.98 Å². The molecule has 0 aliphatic heterocycles. The molecule has 2 aromatic rings. The van der Waals surface area contributed by atoms with E-state index in [9.17, 15) is 5.11 Å². The number of benzene rings is 1. The van der Waals surface area contributed by atoms with E-state index in [1.165, 1.54) is 7.11 Å². The van der Waals surface area contributed by atoms with Crippen molar-refractivity contribution < 1.29 is 9.84 Å². The number of ether oxygens (including phenoxy) is 1. The highest BCUT2D eigenvalue weighted by atomic mass is 16.5. The zero-order valence-electron chi connectivity index (χ0n) is 10.9. The second-order valence-corrected chi connectivity index (χ2v) is 4.12. The van der Waals surface area contributed by atoms with E-state index < -0.39 is 0 Å². The minimum absolute atomic E-state index is 0.139. The number of hydrogen-bond donors (Lipinski definition) is 1. The third-order valence-corrected chi connectivity index (χ3v) is 2.71. The number of phenolic OH excluding ortho intramolecular Hbond substituents is 1. The molecular weight excluding hydrogens is 242 g/mol. The van der Waals surface area contributed by atoms with Crippen molar-refractivity contribution in [1.82, 2.24) is 9.55 Å². The van der Waals surface area contributed by atoms with Crippen molar-refractivity contribution >= 4 is 6.21 Å². The minimum atomic E-state index is 0.139. The molecule has 100 valence electrons. The number of aliphatic imine (C=N–C) groups is 1. The van der Waals surface area contributed by atoms with Crippen LogP contribution >= 0.6 is 0 Å². The Morgan fingerprint density at radius 3 is 3.11 bits per heavy atom. The van der Waals surface area contributed by atoms with Gasteiger partial charge in [-0.2, -0.15) is 0 Å². The van der Waals surface area contributed by atoms with Gasteiger partial charge in [-0.15, -0.1) is 0 Å². The van der Waals surface area contributed by atoms with Crippen LogP contribution in [0.3, 0.4) is 0 Å². The van der Waals surface area contributed by atoms with Gasteiger partial charge in [0.25, 0.3) is 0 Å². The minimum Gasteiger partial charge on any atom is -0.504 e. The molecule has 0 spiro atoms.